The highest BCUT2D eigenvalue weighted by molar-refractivity contribution is 5.63. The molecule has 0 spiro atoms. The van der Waals surface area contributed by atoms with Crippen molar-refractivity contribution in [3.8, 4) is 11.4 Å². The molecule has 2 bridgehead atoms. The number of halogens is 1. The minimum atomic E-state index is -0.235. The summed E-state index contributed by atoms with van der Waals surface area (Å²) in [5.41, 5.74) is 2.57. The minimum absolute atomic E-state index is 0.235. The van der Waals surface area contributed by atoms with E-state index in [-0.39, 0.29) is 5.82 Å². The van der Waals surface area contributed by atoms with Crippen LogP contribution in [0.5, 0.6) is 0 Å². The number of ether oxygens (including phenoxy) is 1. The molecular formula is C24H27FN8O. The average Bonchev–Trinajstić information content (AvgIpc) is 3.45. The summed E-state index contributed by atoms with van der Waals surface area (Å²) in [6, 6.07) is 7.92. The summed E-state index contributed by atoms with van der Waals surface area (Å²) in [4.78, 5) is 24.6. The van der Waals surface area contributed by atoms with Gasteiger partial charge in [0.1, 0.15) is 17.3 Å². The lowest BCUT2D eigenvalue weighted by Crippen LogP contribution is -2.44. The van der Waals surface area contributed by atoms with Crippen LogP contribution in [0.25, 0.3) is 11.4 Å². The van der Waals surface area contributed by atoms with Crippen molar-refractivity contribution in [1.82, 2.24) is 24.8 Å². The van der Waals surface area contributed by atoms with Crippen molar-refractivity contribution in [2.45, 2.75) is 18.5 Å². The van der Waals surface area contributed by atoms with Crippen LogP contribution < -0.4 is 15.1 Å². The number of hydrogen-bond donors (Lipinski definition) is 1. The maximum absolute atomic E-state index is 15.0. The van der Waals surface area contributed by atoms with E-state index in [1.165, 1.54) is 6.07 Å². The lowest BCUT2D eigenvalue weighted by molar-refractivity contribution is 0.122. The van der Waals surface area contributed by atoms with Crippen molar-refractivity contribution in [2.75, 3.05) is 61.6 Å². The van der Waals surface area contributed by atoms with E-state index in [2.05, 4.69) is 47.0 Å². The van der Waals surface area contributed by atoms with Crippen molar-refractivity contribution in [2.24, 2.45) is 0 Å². The Labute approximate surface area is 197 Å². The molecule has 2 aromatic heterocycles. The number of fused-ring (bicyclic) bond motifs is 2. The van der Waals surface area contributed by atoms with Crippen LogP contribution in [0.3, 0.4) is 0 Å². The number of hydrogen-bond acceptors (Lipinski definition) is 9. The van der Waals surface area contributed by atoms with Gasteiger partial charge in [0.25, 0.3) is 0 Å². The Hall–Kier alpha value is -3.37. The van der Waals surface area contributed by atoms with Gasteiger partial charge in [0.05, 0.1) is 37.0 Å². The number of nitrogens with zero attached hydrogens (tertiary/aromatic N) is 7. The second-order valence-corrected chi connectivity index (χ2v) is 9.05. The van der Waals surface area contributed by atoms with E-state index >= 15 is 0 Å². The van der Waals surface area contributed by atoms with E-state index in [1.54, 1.807) is 24.7 Å². The largest absolute Gasteiger partial charge is 0.378 e. The van der Waals surface area contributed by atoms with Gasteiger partial charge in [-0.15, -0.1) is 0 Å². The van der Waals surface area contributed by atoms with Crippen molar-refractivity contribution in [1.29, 1.82) is 0 Å². The van der Waals surface area contributed by atoms with Crippen molar-refractivity contribution in [3.05, 3.63) is 48.7 Å². The monoisotopic (exact) mass is 462 g/mol. The van der Waals surface area contributed by atoms with Gasteiger partial charge < -0.3 is 19.9 Å². The Morgan fingerprint density at radius 2 is 1.88 bits per heavy atom. The number of benzene rings is 1. The summed E-state index contributed by atoms with van der Waals surface area (Å²) in [5, 5.41) is 3.12. The average molecular weight is 463 g/mol. The van der Waals surface area contributed by atoms with Crippen LogP contribution in [-0.4, -0.2) is 83.4 Å². The third kappa shape index (κ3) is 4.03. The normalized spacial score (nSPS) is 22.4. The van der Waals surface area contributed by atoms with Crippen molar-refractivity contribution < 1.29 is 9.13 Å². The quantitative estimate of drug-likeness (QED) is 0.615. The van der Waals surface area contributed by atoms with Crippen LogP contribution in [0.2, 0.25) is 0 Å². The topological polar surface area (TPSA) is 82.5 Å². The van der Waals surface area contributed by atoms with Gasteiger partial charge in [0.2, 0.25) is 5.95 Å². The molecule has 1 N–H and O–H groups in total. The van der Waals surface area contributed by atoms with Gasteiger partial charge in [0.15, 0.2) is 0 Å². The van der Waals surface area contributed by atoms with E-state index < -0.39 is 0 Å². The second kappa shape index (κ2) is 8.77. The third-order valence-corrected chi connectivity index (χ3v) is 6.92. The van der Waals surface area contributed by atoms with E-state index in [0.717, 1.165) is 38.4 Å². The van der Waals surface area contributed by atoms with Gasteiger partial charge in [-0.2, -0.15) is 0 Å². The second-order valence-electron chi connectivity index (χ2n) is 9.05. The maximum Gasteiger partial charge on any atom is 0.227 e. The lowest BCUT2D eigenvalue weighted by Gasteiger charge is -2.33. The molecule has 6 rings (SSSR count). The molecule has 0 radical (unpaired) electrons. The molecule has 3 fully saturated rings. The molecule has 2 atom stereocenters. The number of anilines is 4. The predicted octanol–water partition coefficient (Wildman–Crippen LogP) is 2.55. The Kier molecular flexibility index (Phi) is 5.46. The molecule has 0 saturated carbocycles. The van der Waals surface area contributed by atoms with Crippen molar-refractivity contribution in [3.63, 3.8) is 0 Å². The third-order valence-electron chi connectivity index (χ3n) is 6.92. The number of likely N-dealkylation sites (tertiary alicyclic amines) is 1. The Morgan fingerprint density at radius 3 is 2.59 bits per heavy atom. The summed E-state index contributed by atoms with van der Waals surface area (Å²) >= 11 is 0. The smallest absolute Gasteiger partial charge is 0.227 e. The van der Waals surface area contributed by atoms with Crippen LogP contribution in [-0.2, 0) is 4.74 Å². The molecule has 0 aliphatic carbocycles. The number of morpholine rings is 1. The van der Waals surface area contributed by atoms with Gasteiger partial charge in [-0.1, -0.05) is 0 Å². The fourth-order valence-electron chi connectivity index (χ4n) is 5.08. The Bertz CT molecular complexity index is 1170. The van der Waals surface area contributed by atoms with E-state index in [0.29, 0.717) is 54.0 Å². The van der Waals surface area contributed by atoms with E-state index in [9.17, 15) is 4.39 Å². The highest BCUT2D eigenvalue weighted by Gasteiger charge is 2.42. The molecule has 1 aromatic carbocycles. The number of nitrogens with one attached hydrogen (secondary N) is 1. The minimum Gasteiger partial charge on any atom is -0.378 e. The zero-order valence-corrected chi connectivity index (χ0v) is 19.1. The summed E-state index contributed by atoms with van der Waals surface area (Å²) in [6.07, 6.45) is 6.23. The molecule has 3 saturated heterocycles. The summed E-state index contributed by atoms with van der Waals surface area (Å²) < 4.78 is 20.4. The molecule has 34 heavy (non-hydrogen) atoms. The summed E-state index contributed by atoms with van der Waals surface area (Å²) in [6.45, 7) is 4.87. The molecule has 176 valence electrons. The van der Waals surface area contributed by atoms with Gasteiger partial charge >= 0.3 is 0 Å². The molecule has 3 aliphatic heterocycles. The van der Waals surface area contributed by atoms with Gasteiger partial charge in [0, 0.05) is 50.1 Å². The number of aromatic nitrogens is 4. The first-order valence-corrected chi connectivity index (χ1v) is 11.7. The lowest BCUT2D eigenvalue weighted by atomic mass is 10.2. The van der Waals surface area contributed by atoms with Gasteiger partial charge in [-0.3, -0.25) is 4.90 Å². The summed E-state index contributed by atoms with van der Waals surface area (Å²) in [7, 11) is 2.14. The molecule has 3 aromatic rings. The van der Waals surface area contributed by atoms with Crippen LogP contribution in [0.1, 0.15) is 6.42 Å². The van der Waals surface area contributed by atoms with E-state index in [1.807, 2.05) is 12.1 Å². The van der Waals surface area contributed by atoms with Gasteiger partial charge in [-0.05, 0) is 37.7 Å². The first-order chi connectivity index (χ1) is 16.6. The van der Waals surface area contributed by atoms with Crippen LogP contribution >= 0.6 is 0 Å². The molecule has 0 unspecified atom stereocenters. The highest BCUT2D eigenvalue weighted by atomic mass is 19.1. The SMILES string of the molecule is CN1C[C@@H]2C[C@H]1CN2c1ccc(Nc2nccc(-c3cnc(N4CCOCC4)cn3)n2)cc1F. The van der Waals surface area contributed by atoms with Crippen LogP contribution in [0.15, 0.2) is 42.9 Å². The zero-order chi connectivity index (χ0) is 23.1. The van der Waals surface area contributed by atoms with Gasteiger partial charge in [-0.25, -0.2) is 24.3 Å². The number of likely N-dealkylation sites (N-methyl/N-ethyl adjacent to an activating group) is 1. The molecule has 9 nitrogen and oxygen atoms in total. The highest BCUT2D eigenvalue weighted by Crippen LogP contribution is 2.35. The van der Waals surface area contributed by atoms with E-state index in [4.69, 9.17) is 4.74 Å². The maximum atomic E-state index is 15.0. The predicted molar refractivity (Wildman–Crippen MR) is 128 cm³/mol. The molecule has 10 heteroatoms. The number of piperazine rings is 1. The summed E-state index contributed by atoms with van der Waals surface area (Å²) in [5.74, 6) is 0.972. The molecule has 0 amide bonds. The standard InChI is InChI=1S/C24H27FN8O/c1-31-14-18-11-17(31)15-33(18)22-3-2-16(10-19(22)25)29-24-26-5-4-20(30-24)21-12-28-23(13-27-21)32-6-8-34-9-7-32/h2-5,10,12-13,17-18H,6-9,11,14-15H2,1H3,(H,26,29,30)/t17-,18-/m0/s1. The fraction of sp³-hybridized carbons (Fsp3) is 0.417. The Morgan fingerprint density at radius 1 is 1.00 bits per heavy atom. The van der Waals surface area contributed by atoms with Crippen LogP contribution in [0, 0.1) is 5.82 Å². The Balaban J connectivity index is 1.16. The molecule has 5 heterocycles. The first kappa shape index (κ1) is 21.2. The zero-order valence-electron chi connectivity index (χ0n) is 19.1. The number of rotatable bonds is 5. The fourth-order valence-corrected chi connectivity index (χ4v) is 5.08. The molecule has 3 aliphatic rings. The van der Waals surface area contributed by atoms with Crippen molar-refractivity contribution >= 4 is 23.1 Å². The first-order valence-electron chi connectivity index (χ1n) is 11.7. The van der Waals surface area contributed by atoms with Crippen LogP contribution in [0.4, 0.5) is 27.5 Å². The molecular weight excluding hydrogens is 435 g/mol.